The van der Waals surface area contributed by atoms with Crippen molar-refractivity contribution in [3.05, 3.63) is 113 Å². The van der Waals surface area contributed by atoms with Gasteiger partial charge in [-0.15, -0.1) is 0 Å². The number of nitrogens with zero attached hydrogens (tertiary/aromatic N) is 1. The SMILES string of the molecule is COc1ccc(C2C(C(=O)Nc3ccc(OC)c(Cl)c3)c3ccccc3C(=O)N2c2ccc(OC)cc2)cc1. The first-order valence-corrected chi connectivity index (χ1v) is 12.7. The maximum atomic E-state index is 14.1. The molecule has 2 unspecified atom stereocenters. The van der Waals surface area contributed by atoms with Crippen LogP contribution in [0, 0.1) is 0 Å². The molecule has 1 aliphatic rings. The predicted octanol–water partition coefficient (Wildman–Crippen LogP) is 6.49. The molecule has 0 spiro atoms. The third kappa shape index (κ3) is 5.01. The first-order valence-electron chi connectivity index (χ1n) is 12.3. The maximum Gasteiger partial charge on any atom is 0.259 e. The van der Waals surface area contributed by atoms with Gasteiger partial charge in [-0.2, -0.15) is 0 Å². The number of carbonyl (C=O) groups excluding carboxylic acids is 2. The lowest BCUT2D eigenvalue weighted by atomic mass is 9.78. The van der Waals surface area contributed by atoms with E-state index in [0.717, 1.165) is 5.56 Å². The molecule has 39 heavy (non-hydrogen) atoms. The van der Waals surface area contributed by atoms with Gasteiger partial charge in [-0.1, -0.05) is 41.9 Å². The minimum absolute atomic E-state index is 0.201. The average molecular weight is 543 g/mol. The Hall–Kier alpha value is -4.49. The quantitative estimate of drug-likeness (QED) is 0.289. The second kappa shape index (κ2) is 11.1. The van der Waals surface area contributed by atoms with Gasteiger partial charge in [0, 0.05) is 16.9 Å². The summed E-state index contributed by atoms with van der Waals surface area (Å²) in [6.45, 7) is 0. The Morgan fingerprint density at radius 3 is 2.08 bits per heavy atom. The Morgan fingerprint density at radius 1 is 0.821 bits per heavy atom. The Labute approximate surface area is 231 Å². The Morgan fingerprint density at radius 2 is 1.46 bits per heavy atom. The largest absolute Gasteiger partial charge is 0.497 e. The Kier molecular flexibility index (Phi) is 7.43. The van der Waals surface area contributed by atoms with Crippen molar-refractivity contribution in [3.8, 4) is 17.2 Å². The molecule has 2 amide bonds. The number of amides is 2. The highest BCUT2D eigenvalue weighted by atomic mass is 35.5. The van der Waals surface area contributed by atoms with Crippen LogP contribution in [-0.2, 0) is 4.79 Å². The topological polar surface area (TPSA) is 77.1 Å². The molecule has 5 rings (SSSR count). The molecular weight excluding hydrogens is 516 g/mol. The van der Waals surface area contributed by atoms with Crippen molar-refractivity contribution >= 4 is 34.8 Å². The van der Waals surface area contributed by atoms with Gasteiger partial charge in [-0.05, 0) is 71.8 Å². The monoisotopic (exact) mass is 542 g/mol. The molecule has 2 atom stereocenters. The summed E-state index contributed by atoms with van der Waals surface area (Å²) in [7, 11) is 4.71. The predicted molar refractivity (Wildman–Crippen MR) is 151 cm³/mol. The van der Waals surface area contributed by atoms with Gasteiger partial charge in [0.2, 0.25) is 5.91 Å². The van der Waals surface area contributed by atoms with E-state index < -0.39 is 12.0 Å². The summed E-state index contributed by atoms with van der Waals surface area (Å²) >= 11 is 6.33. The van der Waals surface area contributed by atoms with E-state index in [0.29, 0.717) is 44.8 Å². The lowest BCUT2D eigenvalue weighted by Gasteiger charge is -2.42. The van der Waals surface area contributed by atoms with Crippen molar-refractivity contribution in [1.29, 1.82) is 0 Å². The average Bonchev–Trinajstić information content (AvgIpc) is 2.97. The van der Waals surface area contributed by atoms with E-state index >= 15 is 0 Å². The minimum atomic E-state index is -0.740. The summed E-state index contributed by atoms with van der Waals surface area (Å²) < 4.78 is 15.9. The number of hydrogen-bond donors (Lipinski definition) is 1. The molecule has 198 valence electrons. The zero-order chi connectivity index (χ0) is 27.5. The third-order valence-corrected chi connectivity index (χ3v) is 7.14. The van der Waals surface area contributed by atoms with Crippen LogP contribution in [0.5, 0.6) is 17.2 Å². The van der Waals surface area contributed by atoms with E-state index in [1.807, 2.05) is 48.5 Å². The summed E-state index contributed by atoms with van der Waals surface area (Å²) in [5.41, 5.74) is 3.05. The van der Waals surface area contributed by atoms with Crippen LogP contribution in [0.25, 0.3) is 0 Å². The van der Waals surface area contributed by atoms with Crippen LogP contribution in [0.1, 0.15) is 33.4 Å². The van der Waals surface area contributed by atoms with E-state index in [9.17, 15) is 9.59 Å². The number of fused-ring (bicyclic) bond motifs is 1. The van der Waals surface area contributed by atoms with Gasteiger partial charge < -0.3 is 19.5 Å². The van der Waals surface area contributed by atoms with Crippen molar-refractivity contribution < 1.29 is 23.8 Å². The number of ether oxygens (including phenoxy) is 3. The van der Waals surface area contributed by atoms with E-state index in [-0.39, 0.29) is 11.8 Å². The molecule has 0 aliphatic carbocycles. The summed E-state index contributed by atoms with van der Waals surface area (Å²) in [5, 5.41) is 3.39. The number of nitrogens with one attached hydrogen (secondary N) is 1. The number of carbonyl (C=O) groups is 2. The first kappa shape index (κ1) is 26.1. The van der Waals surface area contributed by atoms with Gasteiger partial charge in [-0.25, -0.2) is 0 Å². The molecule has 0 radical (unpaired) electrons. The standard InChI is InChI=1S/C31H27ClN2O5/c1-37-22-13-8-19(9-14-22)29-28(30(35)33-20-10-17-27(39-3)26(32)18-20)24-6-4-5-7-25(24)31(36)34(29)21-11-15-23(38-2)16-12-21/h4-18,28-29H,1-3H3,(H,33,35). The van der Waals surface area contributed by atoms with Crippen molar-refractivity contribution in [2.24, 2.45) is 0 Å². The van der Waals surface area contributed by atoms with E-state index in [1.165, 1.54) is 7.11 Å². The van der Waals surface area contributed by atoms with Crippen LogP contribution in [0.15, 0.2) is 91.0 Å². The molecule has 0 aromatic heterocycles. The molecular formula is C31H27ClN2O5. The fourth-order valence-electron chi connectivity index (χ4n) is 4.95. The summed E-state index contributed by atoms with van der Waals surface area (Å²) in [5.74, 6) is 0.616. The van der Waals surface area contributed by atoms with Crippen LogP contribution >= 0.6 is 11.6 Å². The fourth-order valence-corrected chi connectivity index (χ4v) is 5.21. The first-order chi connectivity index (χ1) is 18.9. The number of methoxy groups -OCH3 is 3. The van der Waals surface area contributed by atoms with Gasteiger partial charge in [0.1, 0.15) is 17.2 Å². The summed E-state index contributed by atoms with van der Waals surface area (Å²) in [6.07, 6.45) is 0. The minimum Gasteiger partial charge on any atom is -0.497 e. The molecule has 1 heterocycles. The van der Waals surface area contributed by atoms with Gasteiger partial charge in [0.15, 0.2) is 0 Å². The van der Waals surface area contributed by atoms with Gasteiger partial charge >= 0.3 is 0 Å². The second-order valence-corrected chi connectivity index (χ2v) is 9.40. The highest BCUT2D eigenvalue weighted by Gasteiger charge is 2.45. The lowest BCUT2D eigenvalue weighted by molar-refractivity contribution is -0.118. The van der Waals surface area contributed by atoms with Crippen LogP contribution in [0.3, 0.4) is 0 Å². The number of rotatable bonds is 7. The van der Waals surface area contributed by atoms with Gasteiger partial charge in [0.25, 0.3) is 5.91 Å². The number of hydrogen-bond acceptors (Lipinski definition) is 5. The van der Waals surface area contributed by atoms with Crippen LogP contribution < -0.4 is 24.4 Å². The van der Waals surface area contributed by atoms with Gasteiger partial charge in [0.05, 0.1) is 38.3 Å². The summed E-state index contributed by atoms with van der Waals surface area (Å²) in [6, 6.07) is 26.3. The Bertz CT molecular complexity index is 1500. The molecule has 1 aliphatic heterocycles. The molecule has 0 bridgehead atoms. The fraction of sp³-hybridized carbons (Fsp3) is 0.161. The number of anilines is 2. The van der Waals surface area contributed by atoms with Gasteiger partial charge in [-0.3, -0.25) is 14.5 Å². The van der Waals surface area contributed by atoms with E-state index in [4.69, 9.17) is 25.8 Å². The molecule has 7 nitrogen and oxygen atoms in total. The molecule has 4 aromatic carbocycles. The molecule has 0 saturated carbocycles. The second-order valence-electron chi connectivity index (χ2n) is 8.99. The van der Waals surface area contributed by atoms with Crippen molar-refractivity contribution in [2.75, 3.05) is 31.5 Å². The van der Waals surface area contributed by atoms with E-state index in [2.05, 4.69) is 5.32 Å². The smallest absolute Gasteiger partial charge is 0.259 e. The highest BCUT2D eigenvalue weighted by molar-refractivity contribution is 6.32. The van der Waals surface area contributed by atoms with Crippen LogP contribution in [0.4, 0.5) is 11.4 Å². The molecule has 0 saturated heterocycles. The van der Waals surface area contributed by atoms with Crippen LogP contribution in [0.2, 0.25) is 5.02 Å². The van der Waals surface area contributed by atoms with Crippen molar-refractivity contribution in [3.63, 3.8) is 0 Å². The lowest BCUT2D eigenvalue weighted by Crippen LogP contribution is -2.46. The molecule has 0 fully saturated rings. The highest BCUT2D eigenvalue weighted by Crippen LogP contribution is 2.46. The molecule has 4 aromatic rings. The maximum absolute atomic E-state index is 14.1. The Balaban J connectivity index is 1.66. The van der Waals surface area contributed by atoms with E-state index in [1.54, 1.807) is 61.6 Å². The molecule has 8 heteroatoms. The third-order valence-electron chi connectivity index (χ3n) is 6.85. The summed E-state index contributed by atoms with van der Waals surface area (Å²) in [4.78, 5) is 29.8. The zero-order valence-electron chi connectivity index (χ0n) is 21.7. The number of benzene rings is 4. The normalized spacial score (nSPS) is 16.3. The van der Waals surface area contributed by atoms with Crippen LogP contribution in [-0.4, -0.2) is 33.1 Å². The zero-order valence-corrected chi connectivity index (χ0v) is 22.4. The van der Waals surface area contributed by atoms with Crippen molar-refractivity contribution in [2.45, 2.75) is 12.0 Å². The molecule has 1 N–H and O–H groups in total. The number of halogens is 1. The van der Waals surface area contributed by atoms with Crippen molar-refractivity contribution in [1.82, 2.24) is 0 Å².